The van der Waals surface area contributed by atoms with E-state index in [1.807, 2.05) is 47.2 Å². The van der Waals surface area contributed by atoms with E-state index in [0.29, 0.717) is 26.1 Å². The summed E-state index contributed by atoms with van der Waals surface area (Å²) in [7, 11) is 1.96. The molecule has 8 heteroatoms. The molecule has 2 amide bonds. The molecule has 3 rings (SSSR count). The van der Waals surface area contributed by atoms with Crippen LogP contribution in [0.1, 0.15) is 31.9 Å². The Bertz CT molecular complexity index is 967. The average Bonchev–Trinajstić information content (AvgIpc) is 2.84. The van der Waals surface area contributed by atoms with Gasteiger partial charge in [0.15, 0.2) is 0 Å². The van der Waals surface area contributed by atoms with Gasteiger partial charge in [-0.25, -0.2) is 4.79 Å². The van der Waals surface area contributed by atoms with E-state index in [1.54, 1.807) is 20.8 Å². The number of aliphatic hydroxyl groups is 1. The number of carbonyl (C=O) groups is 2. The fourth-order valence-electron chi connectivity index (χ4n) is 4.24. The lowest BCUT2D eigenvalue weighted by molar-refractivity contribution is -0.135. The van der Waals surface area contributed by atoms with Gasteiger partial charge in [-0.05, 0) is 44.0 Å². The van der Waals surface area contributed by atoms with Crippen molar-refractivity contribution in [2.45, 2.75) is 45.4 Å². The van der Waals surface area contributed by atoms with Crippen LogP contribution in [0.15, 0.2) is 54.6 Å². The Kier molecular flexibility index (Phi) is 9.73. The maximum Gasteiger partial charge on any atom is 0.408 e. The van der Waals surface area contributed by atoms with Crippen molar-refractivity contribution >= 4 is 17.7 Å². The number of benzene rings is 2. The second kappa shape index (κ2) is 12.7. The third kappa shape index (κ3) is 8.53. The van der Waals surface area contributed by atoms with Crippen LogP contribution in [-0.4, -0.2) is 84.9 Å². The number of aliphatic hydroxyl groups excluding tert-OH is 1. The normalized spacial score (nSPS) is 15.3. The van der Waals surface area contributed by atoms with E-state index in [0.717, 1.165) is 30.9 Å². The molecule has 1 fully saturated rings. The van der Waals surface area contributed by atoms with Gasteiger partial charge in [0.05, 0.1) is 6.61 Å². The molecule has 2 aromatic carbocycles. The minimum absolute atomic E-state index is 0.0827. The predicted molar refractivity (Wildman–Crippen MR) is 142 cm³/mol. The van der Waals surface area contributed by atoms with E-state index < -0.39 is 17.7 Å². The zero-order valence-electron chi connectivity index (χ0n) is 21.9. The quantitative estimate of drug-likeness (QED) is 0.555. The molecular weight excluding hydrogens is 456 g/mol. The summed E-state index contributed by atoms with van der Waals surface area (Å²) in [6.07, 6.45) is -0.167. The molecule has 0 bridgehead atoms. The molecule has 0 spiro atoms. The SMILES string of the molecule is CN(CCO)c1ccc(CN2CCN(C(=O)[C@H](Cc3ccccc3)NC(=O)OC(C)(C)C)CC2)cc1. The van der Waals surface area contributed by atoms with Gasteiger partial charge in [0.25, 0.3) is 0 Å². The molecule has 1 heterocycles. The summed E-state index contributed by atoms with van der Waals surface area (Å²) >= 11 is 0. The Balaban J connectivity index is 1.57. The molecule has 1 atom stereocenters. The molecule has 0 aliphatic carbocycles. The molecule has 1 aliphatic rings. The van der Waals surface area contributed by atoms with Crippen LogP contribution in [-0.2, 0) is 22.5 Å². The van der Waals surface area contributed by atoms with Gasteiger partial charge in [-0.3, -0.25) is 9.69 Å². The molecule has 2 aromatic rings. The minimum atomic E-state index is -0.683. The molecule has 0 aromatic heterocycles. The number of ether oxygens (including phenoxy) is 1. The van der Waals surface area contributed by atoms with E-state index in [1.165, 1.54) is 5.56 Å². The number of nitrogens with one attached hydrogen (secondary N) is 1. The molecule has 36 heavy (non-hydrogen) atoms. The summed E-state index contributed by atoms with van der Waals surface area (Å²) < 4.78 is 5.42. The topological polar surface area (TPSA) is 85.4 Å². The number of hydrogen-bond acceptors (Lipinski definition) is 6. The second-order valence-electron chi connectivity index (χ2n) is 10.3. The standard InChI is InChI=1S/C28H40N4O4/c1-28(2,3)36-27(35)29-25(20-22-8-6-5-7-9-22)26(34)32-16-14-31(15-17-32)21-23-10-12-24(13-11-23)30(4)18-19-33/h5-13,25,33H,14-21H2,1-4H3,(H,29,35)/t25-/m0/s1. The Morgan fingerprint density at radius 2 is 1.64 bits per heavy atom. The third-order valence-corrected chi connectivity index (χ3v) is 6.17. The summed E-state index contributed by atoms with van der Waals surface area (Å²) in [6.45, 7) is 9.71. The number of piperazine rings is 1. The number of alkyl carbamates (subject to hydrolysis) is 1. The monoisotopic (exact) mass is 496 g/mol. The van der Waals surface area contributed by atoms with Crippen LogP contribution < -0.4 is 10.2 Å². The van der Waals surface area contributed by atoms with Crippen LogP contribution in [0.4, 0.5) is 10.5 Å². The van der Waals surface area contributed by atoms with Crippen molar-refractivity contribution in [3.8, 4) is 0 Å². The number of hydrogen-bond donors (Lipinski definition) is 2. The molecule has 2 N–H and O–H groups in total. The number of anilines is 1. The number of amides is 2. The van der Waals surface area contributed by atoms with Gasteiger partial charge in [0.1, 0.15) is 11.6 Å². The summed E-state index contributed by atoms with van der Waals surface area (Å²) in [6, 6.07) is 17.4. The van der Waals surface area contributed by atoms with Crippen LogP contribution in [0.2, 0.25) is 0 Å². The van der Waals surface area contributed by atoms with Crippen molar-refractivity contribution in [3.05, 3.63) is 65.7 Å². The summed E-state index contributed by atoms with van der Waals surface area (Å²) in [5.74, 6) is -0.0827. The summed E-state index contributed by atoms with van der Waals surface area (Å²) in [5.41, 5.74) is 2.64. The average molecular weight is 497 g/mol. The highest BCUT2D eigenvalue weighted by molar-refractivity contribution is 5.86. The fraction of sp³-hybridized carbons (Fsp3) is 0.500. The Morgan fingerprint density at radius 3 is 2.22 bits per heavy atom. The molecule has 1 aliphatic heterocycles. The predicted octanol–water partition coefficient (Wildman–Crippen LogP) is 2.90. The van der Waals surface area contributed by atoms with Gasteiger partial charge in [-0.15, -0.1) is 0 Å². The van der Waals surface area contributed by atoms with E-state index >= 15 is 0 Å². The first-order valence-electron chi connectivity index (χ1n) is 12.6. The second-order valence-corrected chi connectivity index (χ2v) is 10.3. The summed E-state index contributed by atoms with van der Waals surface area (Å²) in [4.78, 5) is 32.1. The van der Waals surface area contributed by atoms with Gasteiger partial charge in [0.2, 0.25) is 5.91 Å². The van der Waals surface area contributed by atoms with Crippen LogP contribution in [0.5, 0.6) is 0 Å². The van der Waals surface area contributed by atoms with Crippen LogP contribution in [0.3, 0.4) is 0 Å². The zero-order chi connectivity index (χ0) is 26.1. The molecular formula is C28H40N4O4. The highest BCUT2D eigenvalue weighted by Gasteiger charge is 2.30. The fourth-order valence-corrected chi connectivity index (χ4v) is 4.24. The Labute approximate surface area is 214 Å². The highest BCUT2D eigenvalue weighted by atomic mass is 16.6. The molecule has 0 saturated carbocycles. The smallest absolute Gasteiger partial charge is 0.408 e. The van der Waals surface area contributed by atoms with Gasteiger partial charge >= 0.3 is 6.09 Å². The number of likely N-dealkylation sites (N-methyl/N-ethyl adjacent to an activating group) is 1. The Morgan fingerprint density at radius 1 is 1.00 bits per heavy atom. The van der Waals surface area contributed by atoms with E-state index in [4.69, 9.17) is 9.84 Å². The van der Waals surface area contributed by atoms with Crippen LogP contribution in [0.25, 0.3) is 0 Å². The number of carbonyl (C=O) groups excluding carboxylic acids is 2. The number of rotatable bonds is 9. The van der Waals surface area contributed by atoms with E-state index in [9.17, 15) is 9.59 Å². The van der Waals surface area contributed by atoms with Crippen molar-refractivity contribution in [1.29, 1.82) is 0 Å². The van der Waals surface area contributed by atoms with E-state index in [-0.39, 0.29) is 12.5 Å². The van der Waals surface area contributed by atoms with Crippen molar-refractivity contribution < 1.29 is 19.4 Å². The lowest BCUT2D eigenvalue weighted by Gasteiger charge is -2.36. The summed E-state index contributed by atoms with van der Waals surface area (Å²) in [5, 5.41) is 11.9. The third-order valence-electron chi connectivity index (χ3n) is 6.17. The molecule has 196 valence electrons. The lowest BCUT2D eigenvalue weighted by atomic mass is 10.0. The first-order valence-corrected chi connectivity index (χ1v) is 12.6. The van der Waals surface area contributed by atoms with Gasteiger partial charge in [-0.2, -0.15) is 0 Å². The highest BCUT2D eigenvalue weighted by Crippen LogP contribution is 2.17. The minimum Gasteiger partial charge on any atom is -0.444 e. The van der Waals surface area contributed by atoms with Crippen LogP contribution in [0, 0.1) is 0 Å². The van der Waals surface area contributed by atoms with Gasteiger partial charge in [0, 0.05) is 58.4 Å². The van der Waals surface area contributed by atoms with Crippen molar-refractivity contribution in [2.24, 2.45) is 0 Å². The van der Waals surface area contributed by atoms with E-state index in [2.05, 4.69) is 34.5 Å². The maximum absolute atomic E-state index is 13.4. The molecule has 0 radical (unpaired) electrons. The van der Waals surface area contributed by atoms with Gasteiger partial charge < -0.3 is 25.0 Å². The van der Waals surface area contributed by atoms with Crippen molar-refractivity contribution in [2.75, 3.05) is 51.3 Å². The number of nitrogens with zero attached hydrogens (tertiary/aromatic N) is 3. The molecule has 0 unspecified atom stereocenters. The first-order chi connectivity index (χ1) is 17.1. The largest absolute Gasteiger partial charge is 0.444 e. The van der Waals surface area contributed by atoms with Crippen molar-refractivity contribution in [3.63, 3.8) is 0 Å². The van der Waals surface area contributed by atoms with Crippen molar-refractivity contribution in [1.82, 2.24) is 15.1 Å². The maximum atomic E-state index is 13.4. The molecule has 8 nitrogen and oxygen atoms in total. The first kappa shape index (κ1) is 27.5. The molecule has 1 saturated heterocycles. The van der Waals surface area contributed by atoms with Crippen LogP contribution >= 0.6 is 0 Å². The zero-order valence-corrected chi connectivity index (χ0v) is 21.9. The lowest BCUT2D eigenvalue weighted by Crippen LogP contribution is -2.55. The Hall–Kier alpha value is -3.10. The van der Waals surface area contributed by atoms with Gasteiger partial charge in [-0.1, -0.05) is 42.5 Å².